The van der Waals surface area contributed by atoms with Crippen LogP contribution in [-0.2, 0) is 14.3 Å². The molecule has 0 saturated heterocycles. The summed E-state index contributed by atoms with van der Waals surface area (Å²) in [6.45, 7) is 3.54. The first kappa shape index (κ1) is 18.3. The molecular weight excluding hydrogens is 329 g/mol. The van der Waals surface area contributed by atoms with Gasteiger partial charge in [0.15, 0.2) is 0 Å². The second-order valence-electron chi connectivity index (χ2n) is 5.51. The molecule has 2 amide bonds. The Morgan fingerprint density at radius 1 is 1.24 bits per heavy atom. The fourth-order valence-electron chi connectivity index (χ4n) is 2.90. The second kappa shape index (κ2) is 7.25. The molecule has 0 bridgehead atoms. The van der Waals surface area contributed by atoms with Crippen LogP contribution in [0.3, 0.4) is 0 Å². The van der Waals surface area contributed by atoms with Crippen molar-refractivity contribution in [3.8, 4) is 0 Å². The normalized spacial score (nSPS) is 17.1. The third-order valence-electron chi connectivity index (χ3n) is 3.91. The molecule has 0 aromatic heterocycles. The minimum absolute atomic E-state index is 0.0847. The first-order chi connectivity index (χ1) is 11.8. The van der Waals surface area contributed by atoms with E-state index in [0.717, 1.165) is 0 Å². The van der Waals surface area contributed by atoms with Crippen LogP contribution in [0.1, 0.15) is 25.3 Å². The minimum Gasteiger partial charge on any atom is -0.498 e. The summed E-state index contributed by atoms with van der Waals surface area (Å²) in [6.07, 6.45) is 0. The molecule has 0 spiro atoms. The van der Waals surface area contributed by atoms with Gasteiger partial charge in [0.1, 0.15) is 11.6 Å². The van der Waals surface area contributed by atoms with Crippen LogP contribution in [0.4, 0.5) is 14.9 Å². The molecule has 1 aliphatic rings. The van der Waals surface area contributed by atoms with Gasteiger partial charge in [0.25, 0.3) is 0 Å². The van der Waals surface area contributed by atoms with E-state index in [2.05, 4.69) is 10.6 Å². The number of amides is 2. The van der Waals surface area contributed by atoms with Crippen molar-refractivity contribution in [1.29, 1.82) is 0 Å². The number of urea groups is 1. The first-order valence-electron chi connectivity index (χ1n) is 7.46. The van der Waals surface area contributed by atoms with E-state index in [1.165, 1.54) is 32.4 Å². The number of halogens is 1. The molecule has 0 saturated carbocycles. The number of carbonyl (C=O) groups excluding carboxylic acids is 2. The molecule has 1 atom stereocenters. The number of primary amides is 1. The Hall–Kier alpha value is -3.03. The number of benzene rings is 1. The van der Waals surface area contributed by atoms with Crippen LogP contribution >= 0.6 is 0 Å². The summed E-state index contributed by atoms with van der Waals surface area (Å²) >= 11 is 0. The zero-order chi connectivity index (χ0) is 18.7. The lowest BCUT2D eigenvalue weighted by Crippen LogP contribution is -2.29. The van der Waals surface area contributed by atoms with Crippen LogP contribution in [0.15, 0.2) is 40.9 Å². The lowest BCUT2D eigenvalue weighted by molar-refractivity contribution is -0.136. The third-order valence-corrected chi connectivity index (χ3v) is 3.91. The number of rotatable bonds is 4. The average Bonchev–Trinajstić information content (AvgIpc) is 2.55. The van der Waals surface area contributed by atoms with Crippen LogP contribution in [0.5, 0.6) is 0 Å². The predicted octanol–water partition coefficient (Wildman–Crippen LogP) is 2.33. The summed E-state index contributed by atoms with van der Waals surface area (Å²) in [4.78, 5) is 23.4. The van der Waals surface area contributed by atoms with Crippen molar-refractivity contribution in [2.75, 3.05) is 19.5 Å². The zero-order valence-electron chi connectivity index (χ0n) is 14.4. The van der Waals surface area contributed by atoms with Gasteiger partial charge in [0, 0.05) is 5.70 Å². The number of nitrogens with one attached hydrogen (secondary N) is 2. The van der Waals surface area contributed by atoms with Crippen molar-refractivity contribution in [1.82, 2.24) is 5.32 Å². The summed E-state index contributed by atoms with van der Waals surface area (Å²) in [5, 5.41) is 5.30. The van der Waals surface area contributed by atoms with Crippen molar-refractivity contribution >= 4 is 17.7 Å². The summed E-state index contributed by atoms with van der Waals surface area (Å²) in [7, 11) is 2.76. The molecule has 1 aromatic rings. The fraction of sp³-hybridized carbons (Fsp3) is 0.294. The molecule has 1 aliphatic heterocycles. The fourth-order valence-corrected chi connectivity index (χ4v) is 2.90. The Bertz CT molecular complexity index is 786. The quantitative estimate of drug-likeness (QED) is 0.724. The maximum atomic E-state index is 13.9. The number of esters is 1. The van der Waals surface area contributed by atoms with Crippen molar-refractivity contribution < 1.29 is 23.5 Å². The van der Waals surface area contributed by atoms with Gasteiger partial charge in [-0.25, -0.2) is 14.0 Å². The second-order valence-corrected chi connectivity index (χ2v) is 5.51. The molecule has 8 heteroatoms. The van der Waals surface area contributed by atoms with Gasteiger partial charge in [0.05, 0.1) is 37.1 Å². The van der Waals surface area contributed by atoms with Crippen molar-refractivity contribution in [2.45, 2.75) is 19.8 Å². The molecule has 134 valence electrons. The van der Waals surface area contributed by atoms with E-state index in [0.29, 0.717) is 28.3 Å². The number of carbonyl (C=O) groups is 2. The maximum absolute atomic E-state index is 13.9. The molecule has 1 heterocycles. The highest BCUT2D eigenvalue weighted by atomic mass is 19.1. The van der Waals surface area contributed by atoms with Crippen LogP contribution in [0, 0.1) is 5.82 Å². The summed E-state index contributed by atoms with van der Waals surface area (Å²) < 4.78 is 24.3. The summed E-state index contributed by atoms with van der Waals surface area (Å²) in [5.74, 6) is -1.31. The van der Waals surface area contributed by atoms with E-state index in [9.17, 15) is 14.0 Å². The van der Waals surface area contributed by atoms with E-state index < -0.39 is 23.7 Å². The molecule has 4 N–H and O–H groups in total. The number of allylic oxidation sites excluding steroid dienone is 3. The van der Waals surface area contributed by atoms with Gasteiger partial charge in [-0.15, -0.1) is 0 Å². The van der Waals surface area contributed by atoms with E-state index >= 15 is 0 Å². The smallest absolute Gasteiger partial charge is 0.336 e. The molecule has 1 unspecified atom stereocenters. The average molecular weight is 349 g/mol. The lowest BCUT2D eigenvalue weighted by Gasteiger charge is -2.30. The standard InChI is InChI=1S/C17H20FN3O4/c1-8-13(16(22)25-4)14(15(24-3)9(2)20-8)10-5-6-11(18)12(7-10)21-17(19)23/h5-7,14,20H,1-4H3,(H3,19,21,23). The number of methoxy groups -OCH3 is 2. The van der Waals surface area contributed by atoms with E-state index in [-0.39, 0.29) is 5.69 Å². The van der Waals surface area contributed by atoms with Crippen LogP contribution < -0.4 is 16.4 Å². The zero-order valence-corrected chi connectivity index (χ0v) is 14.4. The van der Waals surface area contributed by atoms with E-state index in [4.69, 9.17) is 15.2 Å². The van der Waals surface area contributed by atoms with Gasteiger partial charge in [0.2, 0.25) is 0 Å². The monoisotopic (exact) mass is 349 g/mol. The highest BCUT2D eigenvalue weighted by Gasteiger charge is 2.35. The van der Waals surface area contributed by atoms with Crippen molar-refractivity contribution in [3.05, 3.63) is 52.3 Å². The largest absolute Gasteiger partial charge is 0.498 e. The van der Waals surface area contributed by atoms with Gasteiger partial charge in [-0.1, -0.05) is 6.07 Å². The summed E-state index contributed by atoms with van der Waals surface area (Å²) in [6, 6.07) is 3.23. The van der Waals surface area contributed by atoms with Crippen LogP contribution in [-0.4, -0.2) is 26.2 Å². The van der Waals surface area contributed by atoms with Crippen LogP contribution in [0.25, 0.3) is 0 Å². The van der Waals surface area contributed by atoms with Gasteiger partial charge < -0.3 is 25.8 Å². The summed E-state index contributed by atoms with van der Waals surface area (Å²) in [5.41, 5.74) is 7.18. The van der Waals surface area contributed by atoms with Crippen LogP contribution in [0.2, 0.25) is 0 Å². The van der Waals surface area contributed by atoms with E-state index in [1.54, 1.807) is 13.8 Å². The van der Waals surface area contributed by atoms with Gasteiger partial charge in [-0.05, 0) is 31.5 Å². The third kappa shape index (κ3) is 3.57. The number of hydrogen-bond donors (Lipinski definition) is 3. The van der Waals surface area contributed by atoms with Crippen molar-refractivity contribution in [3.63, 3.8) is 0 Å². The molecule has 25 heavy (non-hydrogen) atoms. The number of anilines is 1. The van der Waals surface area contributed by atoms with Crippen molar-refractivity contribution in [2.24, 2.45) is 5.73 Å². The number of ether oxygens (including phenoxy) is 2. The number of hydrogen-bond acceptors (Lipinski definition) is 5. The molecule has 0 aliphatic carbocycles. The molecule has 0 radical (unpaired) electrons. The first-order valence-corrected chi connectivity index (χ1v) is 7.46. The highest BCUT2D eigenvalue weighted by molar-refractivity contribution is 5.93. The maximum Gasteiger partial charge on any atom is 0.336 e. The lowest BCUT2D eigenvalue weighted by atomic mass is 9.85. The Labute approximate surface area is 144 Å². The Balaban J connectivity index is 2.63. The molecule has 7 nitrogen and oxygen atoms in total. The Morgan fingerprint density at radius 2 is 1.92 bits per heavy atom. The number of dihydropyridines is 1. The Morgan fingerprint density at radius 3 is 2.48 bits per heavy atom. The highest BCUT2D eigenvalue weighted by Crippen LogP contribution is 2.39. The van der Waals surface area contributed by atoms with Gasteiger partial charge in [-0.2, -0.15) is 0 Å². The Kier molecular flexibility index (Phi) is 5.31. The van der Waals surface area contributed by atoms with Gasteiger partial charge >= 0.3 is 12.0 Å². The molecule has 0 fully saturated rings. The van der Waals surface area contributed by atoms with E-state index in [1.807, 2.05) is 0 Å². The SMILES string of the molecule is COC(=O)C1=C(C)NC(C)=C(OC)C1c1ccc(F)c(NC(N)=O)c1. The molecule has 1 aromatic carbocycles. The minimum atomic E-state index is -0.889. The predicted molar refractivity (Wildman–Crippen MR) is 89.9 cm³/mol. The topological polar surface area (TPSA) is 103 Å². The van der Waals surface area contributed by atoms with Gasteiger partial charge in [-0.3, -0.25) is 0 Å². The molecular formula is C17H20FN3O4. The molecule has 2 rings (SSSR count). The number of nitrogens with two attached hydrogens (primary N) is 1.